The van der Waals surface area contributed by atoms with Crippen LogP contribution in [0, 0.1) is 0 Å². The van der Waals surface area contributed by atoms with Crippen molar-refractivity contribution in [3.05, 3.63) is 24.5 Å². The zero-order valence-electron chi connectivity index (χ0n) is 9.74. The molecule has 2 heterocycles. The Labute approximate surface area is 101 Å². The Morgan fingerprint density at radius 2 is 2.29 bits per heavy atom. The summed E-state index contributed by atoms with van der Waals surface area (Å²) in [6.45, 7) is 2.75. The highest BCUT2D eigenvalue weighted by Crippen LogP contribution is 2.20. The van der Waals surface area contributed by atoms with Gasteiger partial charge in [-0.3, -0.25) is 4.98 Å². The van der Waals surface area contributed by atoms with E-state index in [1.807, 2.05) is 13.0 Å². The zero-order chi connectivity index (χ0) is 12.3. The largest absolute Gasteiger partial charge is 0.486 e. The van der Waals surface area contributed by atoms with E-state index in [1.54, 1.807) is 18.5 Å². The fraction of sp³-hybridized carbons (Fsp3) is 0.545. The van der Waals surface area contributed by atoms with Gasteiger partial charge in [0.25, 0.3) is 0 Å². The van der Waals surface area contributed by atoms with Crippen molar-refractivity contribution in [3.8, 4) is 5.75 Å². The van der Waals surface area contributed by atoms with Gasteiger partial charge in [0.15, 0.2) is 0 Å². The Bertz CT molecular complexity index is 455. The van der Waals surface area contributed by atoms with E-state index in [4.69, 9.17) is 4.74 Å². The van der Waals surface area contributed by atoms with Crippen LogP contribution in [0.15, 0.2) is 24.5 Å². The molecule has 0 aliphatic carbocycles. The van der Waals surface area contributed by atoms with E-state index in [9.17, 15) is 8.42 Å². The lowest BCUT2D eigenvalue weighted by molar-refractivity contribution is 0.0759. The Morgan fingerprint density at radius 3 is 2.88 bits per heavy atom. The van der Waals surface area contributed by atoms with Gasteiger partial charge in [0.05, 0.1) is 25.0 Å². The van der Waals surface area contributed by atoms with Crippen LogP contribution in [0.4, 0.5) is 0 Å². The number of rotatable bonds is 5. The number of ether oxygens (including phenoxy) is 1. The Morgan fingerprint density at radius 1 is 1.53 bits per heavy atom. The van der Waals surface area contributed by atoms with E-state index in [0.717, 1.165) is 0 Å². The molecule has 0 atom stereocenters. The lowest BCUT2D eigenvalue weighted by atomic mass is 10.2. The first-order valence-corrected chi connectivity index (χ1v) is 7.27. The van der Waals surface area contributed by atoms with Crippen LogP contribution in [0.5, 0.6) is 5.75 Å². The quantitative estimate of drug-likeness (QED) is 0.785. The summed E-state index contributed by atoms with van der Waals surface area (Å²) >= 11 is 0. The average molecular weight is 256 g/mol. The number of aromatic nitrogens is 1. The van der Waals surface area contributed by atoms with Gasteiger partial charge >= 0.3 is 0 Å². The topological polar surface area (TPSA) is 59.5 Å². The summed E-state index contributed by atoms with van der Waals surface area (Å²) in [5.41, 5.74) is 0. The summed E-state index contributed by atoms with van der Waals surface area (Å²) in [6.07, 6.45) is 3.90. The maximum Gasteiger partial charge on any atom is 0.214 e. The molecule has 17 heavy (non-hydrogen) atoms. The van der Waals surface area contributed by atoms with Gasteiger partial charge in [-0.1, -0.05) is 6.92 Å². The predicted molar refractivity (Wildman–Crippen MR) is 64.3 cm³/mol. The molecule has 0 unspecified atom stereocenters. The fourth-order valence-corrected chi connectivity index (χ4v) is 3.26. The maximum absolute atomic E-state index is 11.7. The second-order valence-corrected chi connectivity index (χ2v) is 6.15. The monoisotopic (exact) mass is 256 g/mol. The highest BCUT2D eigenvalue weighted by molar-refractivity contribution is 7.89. The molecule has 0 N–H and O–H groups in total. The Hall–Kier alpha value is -1.14. The first-order valence-electron chi connectivity index (χ1n) is 5.66. The van der Waals surface area contributed by atoms with E-state index in [0.29, 0.717) is 25.3 Å². The van der Waals surface area contributed by atoms with Crippen molar-refractivity contribution in [2.24, 2.45) is 0 Å². The van der Waals surface area contributed by atoms with Crippen LogP contribution in [-0.4, -0.2) is 42.7 Å². The van der Waals surface area contributed by atoms with Crippen LogP contribution >= 0.6 is 0 Å². The zero-order valence-corrected chi connectivity index (χ0v) is 10.6. The minimum absolute atomic E-state index is 0.0502. The average Bonchev–Trinajstić information content (AvgIpc) is 2.24. The minimum Gasteiger partial charge on any atom is -0.486 e. The van der Waals surface area contributed by atoms with Gasteiger partial charge in [-0.25, -0.2) is 8.42 Å². The number of hydrogen-bond donors (Lipinski definition) is 0. The van der Waals surface area contributed by atoms with Gasteiger partial charge in [0.2, 0.25) is 10.0 Å². The number of hydrogen-bond acceptors (Lipinski definition) is 4. The molecular weight excluding hydrogens is 240 g/mol. The van der Waals surface area contributed by atoms with Crippen LogP contribution in [0.2, 0.25) is 0 Å². The molecule has 1 aromatic rings. The lowest BCUT2D eigenvalue weighted by Crippen LogP contribution is -2.56. The molecule has 1 fully saturated rings. The first-order chi connectivity index (χ1) is 8.12. The molecule has 0 radical (unpaired) electrons. The van der Waals surface area contributed by atoms with Crippen LogP contribution in [0.25, 0.3) is 0 Å². The normalized spacial score (nSPS) is 17.7. The standard InChI is InChI=1S/C11H16N2O3S/c1-2-6-17(14,15)13-8-11(9-13)16-10-4-3-5-12-7-10/h3-5,7,11H,2,6,8-9H2,1H3. The minimum atomic E-state index is -3.06. The van der Waals surface area contributed by atoms with E-state index in [2.05, 4.69) is 4.98 Å². The van der Waals surface area contributed by atoms with Gasteiger partial charge in [-0.05, 0) is 18.6 Å². The number of nitrogens with zero attached hydrogens (tertiary/aromatic N) is 2. The number of sulfonamides is 1. The van der Waals surface area contributed by atoms with Crippen LogP contribution < -0.4 is 4.74 Å². The maximum atomic E-state index is 11.7. The molecule has 1 aromatic heterocycles. The third-order valence-electron chi connectivity index (χ3n) is 2.61. The summed E-state index contributed by atoms with van der Waals surface area (Å²) in [6, 6.07) is 3.61. The molecule has 1 aliphatic rings. The van der Waals surface area contributed by atoms with Crippen molar-refractivity contribution in [2.45, 2.75) is 19.4 Å². The van der Waals surface area contributed by atoms with Gasteiger partial charge < -0.3 is 4.74 Å². The molecule has 5 nitrogen and oxygen atoms in total. The molecule has 1 aliphatic heterocycles. The fourth-order valence-electron chi connectivity index (χ4n) is 1.70. The number of pyridine rings is 1. The Balaban J connectivity index is 1.84. The van der Waals surface area contributed by atoms with Crippen molar-refractivity contribution < 1.29 is 13.2 Å². The molecule has 94 valence electrons. The van der Waals surface area contributed by atoms with E-state index in [1.165, 1.54) is 4.31 Å². The smallest absolute Gasteiger partial charge is 0.214 e. The molecule has 2 rings (SSSR count). The molecule has 0 spiro atoms. The third-order valence-corrected chi connectivity index (χ3v) is 4.62. The summed E-state index contributed by atoms with van der Waals surface area (Å²) < 4.78 is 30.4. The van der Waals surface area contributed by atoms with Crippen molar-refractivity contribution in [1.29, 1.82) is 0 Å². The SMILES string of the molecule is CCCS(=O)(=O)N1CC(Oc2cccnc2)C1. The molecule has 1 saturated heterocycles. The highest BCUT2D eigenvalue weighted by atomic mass is 32.2. The summed E-state index contributed by atoms with van der Waals surface area (Å²) in [4.78, 5) is 3.94. The third kappa shape index (κ3) is 2.95. The van der Waals surface area contributed by atoms with Gasteiger partial charge in [-0.2, -0.15) is 4.31 Å². The van der Waals surface area contributed by atoms with Gasteiger partial charge in [0, 0.05) is 6.20 Å². The van der Waals surface area contributed by atoms with Gasteiger partial charge in [0.1, 0.15) is 11.9 Å². The second kappa shape index (κ2) is 5.01. The summed E-state index contributed by atoms with van der Waals surface area (Å²) in [7, 11) is -3.06. The molecular formula is C11H16N2O3S. The van der Waals surface area contributed by atoms with Crippen LogP contribution in [0.1, 0.15) is 13.3 Å². The van der Waals surface area contributed by atoms with Crippen molar-refractivity contribution >= 4 is 10.0 Å². The highest BCUT2D eigenvalue weighted by Gasteiger charge is 2.36. The molecule has 6 heteroatoms. The van der Waals surface area contributed by atoms with Crippen molar-refractivity contribution in [3.63, 3.8) is 0 Å². The lowest BCUT2D eigenvalue weighted by Gasteiger charge is -2.37. The van der Waals surface area contributed by atoms with Crippen molar-refractivity contribution in [2.75, 3.05) is 18.8 Å². The van der Waals surface area contributed by atoms with E-state index in [-0.39, 0.29) is 11.9 Å². The molecule has 0 aromatic carbocycles. The molecule has 0 bridgehead atoms. The van der Waals surface area contributed by atoms with E-state index >= 15 is 0 Å². The summed E-state index contributed by atoms with van der Waals surface area (Å²) in [5.74, 6) is 0.900. The predicted octanol–water partition coefficient (Wildman–Crippen LogP) is 0.884. The van der Waals surface area contributed by atoms with E-state index < -0.39 is 10.0 Å². The first kappa shape index (κ1) is 12.3. The van der Waals surface area contributed by atoms with Crippen LogP contribution in [0.3, 0.4) is 0 Å². The molecule has 0 saturated carbocycles. The second-order valence-electron chi connectivity index (χ2n) is 4.06. The van der Waals surface area contributed by atoms with Crippen LogP contribution in [-0.2, 0) is 10.0 Å². The Kier molecular flexibility index (Phi) is 3.63. The van der Waals surface area contributed by atoms with Crippen molar-refractivity contribution in [1.82, 2.24) is 9.29 Å². The van der Waals surface area contributed by atoms with Gasteiger partial charge in [-0.15, -0.1) is 0 Å². The molecule has 0 amide bonds. The summed E-state index contributed by atoms with van der Waals surface area (Å²) in [5, 5.41) is 0.